The molecule has 2 rings (SSSR count). The number of aromatic amines is 1. The molecule has 0 aliphatic rings. The highest BCUT2D eigenvalue weighted by Gasteiger charge is 2.15. The molecular weight excluding hydrogens is 348 g/mol. The van der Waals surface area contributed by atoms with Crippen molar-refractivity contribution in [3.63, 3.8) is 0 Å². The van der Waals surface area contributed by atoms with Crippen LogP contribution in [0.1, 0.15) is 31.9 Å². The quantitative estimate of drug-likeness (QED) is 0.622. The van der Waals surface area contributed by atoms with Crippen molar-refractivity contribution in [1.82, 2.24) is 20.4 Å². The van der Waals surface area contributed by atoms with Crippen molar-refractivity contribution < 1.29 is 4.79 Å². The molecular formula is C20H31ClN4O. The number of H-pyrrole nitrogens is 1. The van der Waals surface area contributed by atoms with Gasteiger partial charge >= 0.3 is 0 Å². The number of aryl methyl sites for hydroxylation is 1. The molecule has 5 nitrogen and oxygen atoms in total. The zero-order valence-electron chi connectivity index (χ0n) is 16.0. The molecule has 2 aromatic rings. The molecule has 0 aliphatic heterocycles. The lowest BCUT2D eigenvalue weighted by Crippen LogP contribution is -2.36. The Balaban J connectivity index is 0.00000338. The Morgan fingerprint density at radius 2 is 1.96 bits per heavy atom. The van der Waals surface area contributed by atoms with Gasteiger partial charge in [-0.15, -0.1) is 12.4 Å². The van der Waals surface area contributed by atoms with E-state index in [1.165, 1.54) is 5.69 Å². The SMILES string of the molecule is CNCC(C)C(=O)N(C)CCCCCc1cc(-c2ccccc2)n[nH]1.Cl. The molecule has 1 aromatic carbocycles. The van der Waals surface area contributed by atoms with E-state index in [1.54, 1.807) is 0 Å². The predicted octanol–water partition coefficient (Wildman–Crippen LogP) is 3.53. The number of hydrogen-bond acceptors (Lipinski definition) is 3. The number of carbonyl (C=O) groups is 1. The Morgan fingerprint density at radius 1 is 1.23 bits per heavy atom. The van der Waals surface area contributed by atoms with E-state index in [0.717, 1.165) is 50.0 Å². The number of halogens is 1. The Hall–Kier alpha value is -1.85. The van der Waals surface area contributed by atoms with E-state index in [4.69, 9.17) is 0 Å². The number of nitrogens with zero attached hydrogens (tertiary/aromatic N) is 2. The lowest BCUT2D eigenvalue weighted by atomic mass is 10.1. The Labute approximate surface area is 163 Å². The summed E-state index contributed by atoms with van der Waals surface area (Å²) in [6, 6.07) is 12.3. The summed E-state index contributed by atoms with van der Waals surface area (Å²) in [4.78, 5) is 14.0. The Kier molecular flexibility index (Phi) is 9.99. The van der Waals surface area contributed by atoms with E-state index in [1.807, 2.05) is 44.1 Å². The van der Waals surface area contributed by atoms with Crippen LogP contribution in [0.25, 0.3) is 11.3 Å². The monoisotopic (exact) mass is 378 g/mol. The number of benzene rings is 1. The largest absolute Gasteiger partial charge is 0.345 e. The number of rotatable bonds is 10. The van der Waals surface area contributed by atoms with Gasteiger partial charge in [-0.05, 0) is 32.4 Å². The molecule has 1 heterocycles. The number of amides is 1. The third-order valence-corrected chi connectivity index (χ3v) is 4.45. The van der Waals surface area contributed by atoms with E-state index in [0.29, 0.717) is 0 Å². The summed E-state index contributed by atoms with van der Waals surface area (Å²) in [6.07, 6.45) is 4.24. The lowest BCUT2D eigenvalue weighted by Gasteiger charge is -2.21. The minimum atomic E-state index is 0. The smallest absolute Gasteiger partial charge is 0.226 e. The molecule has 1 amide bonds. The maximum atomic E-state index is 12.1. The third kappa shape index (κ3) is 6.81. The van der Waals surface area contributed by atoms with Crippen molar-refractivity contribution in [3.8, 4) is 11.3 Å². The van der Waals surface area contributed by atoms with E-state index < -0.39 is 0 Å². The van der Waals surface area contributed by atoms with Crippen molar-refractivity contribution in [2.45, 2.75) is 32.6 Å². The molecule has 0 bridgehead atoms. The van der Waals surface area contributed by atoms with Crippen LogP contribution in [-0.4, -0.2) is 48.2 Å². The van der Waals surface area contributed by atoms with Crippen LogP contribution in [0.3, 0.4) is 0 Å². The van der Waals surface area contributed by atoms with Gasteiger partial charge in [0.2, 0.25) is 5.91 Å². The highest BCUT2D eigenvalue weighted by atomic mass is 35.5. The number of hydrogen-bond donors (Lipinski definition) is 2. The van der Waals surface area contributed by atoms with Gasteiger partial charge in [-0.25, -0.2) is 0 Å². The molecule has 1 atom stereocenters. The summed E-state index contributed by atoms with van der Waals surface area (Å²) in [5.74, 6) is 0.256. The first-order chi connectivity index (χ1) is 12.1. The predicted molar refractivity (Wildman–Crippen MR) is 110 cm³/mol. The van der Waals surface area contributed by atoms with Crippen LogP contribution in [-0.2, 0) is 11.2 Å². The molecule has 26 heavy (non-hydrogen) atoms. The molecule has 144 valence electrons. The molecule has 0 fully saturated rings. The molecule has 1 aromatic heterocycles. The van der Waals surface area contributed by atoms with E-state index in [9.17, 15) is 4.79 Å². The van der Waals surface area contributed by atoms with Crippen molar-refractivity contribution in [2.75, 3.05) is 27.2 Å². The van der Waals surface area contributed by atoms with Gasteiger partial charge < -0.3 is 10.2 Å². The first-order valence-electron chi connectivity index (χ1n) is 9.11. The number of carbonyl (C=O) groups excluding carboxylic acids is 1. The summed E-state index contributed by atoms with van der Waals surface area (Å²) < 4.78 is 0. The normalized spacial score (nSPS) is 11.7. The summed E-state index contributed by atoms with van der Waals surface area (Å²) >= 11 is 0. The van der Waals surface area contributed by atoms with Crippen molar-refractivity contribution in [1.29, 1.82) is 0 Å². The van der Waals surface area contributed by atoms with Crippen LogP contribution in [0.15, 0.2) is 36.4 Å². The fourth-order valence-corrected chi connectivity index (χ4v) is 2.97. The molecule has 0 saturated heterocycles. The lowest BCUT2D eigenvalue weighted by molar-refractivity contribution is -0.133. The number of aromatic nitrogens is 2. The van der Waals surface area contributed by atoms with Gasteiger partial charge in [0.1, 0.15) is 0 Å². The fourth-order valence-electron chi connectivity index (χ4n) is 2.97. The average Bonchev–Trinajstić information content (AvgIpc) is 3.10. The first kappa shape index (κ1) is 22.2. The van der Waals surface area contributed by atoms with Gasteiger partial charge in [-0.3, -0.25) is 9.89 Å². The second-order valence-electron chi connectivity index (χ2n) is 6.67. The summed E-state index contributed by atoms with van der Waals surface area (Å²) in [6.45, 7) is 3.52. The maximum absolute atomic E-state index is 12.1. The molecule has 0 aliphatic carbocycles. The Bertz CT molecular complexity index is 644. The zero-order valence-corrected chi connectivity index (χ0v) is 16.8. The van der Waals surface area contributed by atoms with Gasteiger partial charge in [0, 0.05) is 37.3 Å². The van der Waals surface area contributed by atoms with Crippen LogP contribution in [0.4, 0.5) is 0 Å². The van der Waals surface area contributed by atoms with Crippen molar-refractivity contribution >= 4 is 18.3 Å². The molecule has 2 N–H and O–H groups in total. The second kappa shape index (κ2) is 11.7. The highest BCUT2D eigenvalue weighted by Crippen LogP contribution is 2.18. The molecule has 0 saturated carbocycles. The topological polar surface area (TPSA) is 61.0 Å². The van der Waals surface area contributed by atoms with Crippen molar-refractivity contribution in [3.05, 3.63) is 42.1 Å². The van der Waals surface area contributed by atoms with Crippen LogP contribution < -0.4 is 5.32 Å². The van der Waals surface area contributed by atoms with Gasteiger partial charge in [-0.1, -0.05) is 43.7 Å². The van der Waals surface area contributed by atoms with Crippen LogP contribution in [0, 0.1) is 5.92 Å². The summed E-state index contributed by atoms with van der Waals surface area (Å²) in [5, 5.41) is 10.6. The van der Waals surface area contributed by atoms with Crippen molar-refractivity contribution in [2.24, 2.45) is 5.92 Å². The molecule has 6 heteroatoms. The van der Waals surface area contributed by atoms with Gasteiger partial charge in [0.05, 0.1) is 5.69 Å². The van der Waals surface area contributed by atoms with E-state index >= 15 is 0 Å². The number of unbranched alkanes of at least 4 members (excludes halogenated alkanes) is 2. The van der Waals surface area contributed by atoms with Gasteiger partial charge in [-0.2, -0.15) is 5.10 Å². The first-order valence-corrected chi connectivity index (χ1v) is 9.11. The molecule has 1 unspecified atom stereocenters. The minimum absolute atomic E-state index is 0. The van der Waals surface area contributed by atoms with E-state index in [-0.39, 0.29) is 24.2 Å². The van der Waals surface area contributed by atoms with Gasteiger partial charge in [0.15, 0.2) is 0 Å². The van der Waals surface area contributed by atoms with Crippen LogP contribution >= 0.6 is 12.4 Å². The fraction of sp³-hybridized carbons (Fsp3) is 0.500. The minimum Gasteiger partial charge on any atom is -0.345 e. The molecule has 0 spiro atoms. The molecule has 0 radical (unpaired) electrons. The summed E-state index contributed by atoms with van der Waals surface area (Å²) in [5.41, 5.74) is 3.31. The highest BCUT2D eigenvalue weighted by molar-refractivity contribution is 5.85. The zero-order chi connectivity index (χ0) is 18.1. The average molecular weight is 379 g/mol. The number of nitrogens with one attached hydrogen (secondary N) is 2. The third-order valence-electron chi connectivity index (χ3n) is 4.45. The maximum Gasteiger partial charge on any atom is 0.226 e. The van der Waals surface area contributed by atoms with E-state index in [2.05, 4.69) is 33.7 Å². The van der Waals surface area contributed by atoms with Crippen LogP contribution in [0.2, 0.25) is 0 Å². The second-order valence-corrected chi connectivity index (χ2v) is 6.67. The van der Waals surface area contributed by atoms with Crippen LogP contribution in [0.5, 0.6) is 0 Å². The van der Waals surface area contributed by atoms with Gasteiger partial charge in [0.25, 0.3) is 0 Å². The summed E-state index contributed by atoms with van der Waals surface area (Å²) in [7, 11) is 3.78. The Morgan fingerprint density at radius 3 is 2.65 bits per heavy atom. The standard InChI is InChI=1S/C20H30N4O.ClH/c1-16(15-21-2)20(25)24(3)13-9-5-8-12-18-14-19(23-22-18)17-10-6-4-7-11-17;/h4,6-7,10-11,14,16,21H,5,8-9,12-13,15H2,1-3H3,(H,22,23);1H.